The van der Waals surface area contributed by atoms with Crippen LogP contribution in [0.4, 0.5) is 0 Å². The summed E-state index contributed by atoms with van der Waals surface area (Å²) in [4.78, 5) is 7.53. The van der Waals surface area contributed by atoms with Gasteiger partial charge < -0.3 is 19.5 Å². The highest BCUT2D eigenvalue weighted by Crippen LogP contribution is 2.42. The molecule has 0 aromatic carbocycles. The second-order valence-corrected chi connectivity index (χ2v) is 9.32. The highest BCUT2D eigenvalue weighted by Gasteiger charge is 2.36. The molecule has 30 heavy (non-hydrogen) atoms. The summed E-state index contributed by atoms with van der Waals surface area (Å²) in [6.07, 6.45) is 13.6. The normalized spacial score (nSPS) is 24.5. The molecule has 1 aromatic heterocycles. The number of likely N-dealkylation sites (tertiary alicyclic amines) is 1. The highest BCUT2D eigenvalue weighted by molar-refractivity contribution is 14.0. The molecule has 1 atom stereocenters. The lowest BCUT2D eigenvalue weighted by atomic mass is 9.74. The van der Waals surface area contributed by atoms with Crippen LogP contribution in [0, 0.1) is 12.3 Å². The van der Waals surface area contributed by atoms with E-state index in [0.717, 1.165) is 50.3 Å². The molecule has 8 heteroatoms. The quantitative estimate of drug-likeness (QED) is 0.365. The summed E-state index contributed by atoms with van der Waals surface area (Å²) < 4.78 is 7.87. The summed E-state index contributed by atoms with van der Waals surface area (Å²) in [5, 5.41) is 12.1. The van der Waals surface area contributed by atoms with Crippen LogP contribution in [0.5, 0.6) is 0 Å². The van der Waals surface area contributed by atoms with Crippen molar-refractivity contribution < 1.29 is 4.74 Å². The molecular formula is C22H39IN6O. The third-order valence-electron chi connectivity index (χ3n) is 7.19. The Kier molecular flexibility index (Phi) is 8.80. The third kappa shape index (κ3) is 5.87. The molecule has 3 heterocycles. The van der Waals surface area contributed by atoms with Crippen molar-refractivity contribution in [2.24, 2.45) is 17.5 Å². The molecule has 0 amide bonds. The van der Waals surface area contributed by atoms with Crippen LogP contribution in [0.2, 0.25) is 0 Å². The molecule has 170 valence electrons. The molecule has 0 bridgehead atoms. The summed E-state index contributed by atoms with van der Waals surface area (Å²) in [6.45, 7) is 6.52. The Morgan fingerprint density at radius 3 is 2.57 bits per heavy atom. The molecule has 3 aliphatic rings. The standard InChI is InChI=1S/C22H38N6O.HI/c1-18-25-26-20(27(18)2)16-24-21(23-15-19-9-7-14-29-19)28-13-8-12-22(17-28)10-5-3-4-6-11-22;/h19H,3-17H2,1-2H3,(H,23,24);1H. The van der Waals surface area contributed by atoms with E-state index in [9.17, 15) is 0 Å². The maximum Gasteiger partial charge on any atom is 0.194 e. The third-order valence-corrected chi connectivity index (χ3v) is 7.19. The Bertz CT molecular complexity index is 692. The van der Waals surface area contributed by atoms with Gasteiger partial charge in [-0.3, -0.25) is 0 Å². The van der Waals surface area contributed by atoms with Gasteiger partial charge in [0.15, 0.2) is 11.8 Å². The van der Waals surface area contributed by atoms with Gasteiger partial charge >= 0.3 is 0 Å². The highest BCUT2D eigenvalue weighted by atomic mass is 127. The van der Waals surface area contributed by atoms with Crippen LogP contribution in [0.3, 0.4) is 0 Å². The zero-order chi connectivity index (χ0) is 20.1. The summed E-state index contributed by atoms with van der Waals surface area (Å²) in [5.41, 5.74) is 0.489. The second-order valence-electron chi connectivity index (χ2n) is 9.32. The smallest absolute Gasteiger partial charge is 0.194 e. The molecule has 1 saturated carbocycles. The molecule has 0 radical (unpaired) electrons. The van der Waals surface area contributed by atoms with Crippen LogP contribution >= 0.6 is 24.0 Å². The van der Waals surface area contributed by atoms with Gasteiger partial charge in [-0.25, -0.2) is 4.99 Å². The Morgan fingerprint density at radius 1 is 1.13 bits per heavy atom. The van der Waals surface area contributed by atoms with E-state index in [1.807, 2.05) is 18.5 Å². The van der Waals surface area contributed by atoms with Gasteiger partial charge in [0.2, 0.25) is 0 Å². The molecule has 3 fully saturated rings. The van der Waals surface area contributed by atoms with Crippen LogP contribution in [0.1, 0.15) is 75.9 Å². The Labute approximate surface area is 198 Å². The second kappa shape index (κ2) is 11.1. The van der Waals surface area contributed by atoms with Crippen LogP contribution in [0.15, 0.2) is 4.99 Å². The fraction of sp³-hybridized carbons (Fsp3) is 0.864. The van der Waals surface area contributed by atoms with E-state index < -0.39 is 0 Å². The fourth-order valence-corrected chi connectivity index (χ4v) is 5.29. The van der Waals surface area contributed by atoms with Gasteiger partial charge in [-0.15, -0.1) is 34.2 Å². The van der Waals surface area contributed by atoms with E-state index in [1.54, 1.807) is 0 Å². The van der Waals surface area contributed by atoms with Crippen molar-refractivity contribution in [3.8, 4) is 0 Å². The Balaban J connectivity index is 0.00000256. The first-order chi connectivity index (χ1) is 14.2. The minimum Gasteiger partial charge on any atom is -0.376 e. The van der Waals surface area contributed by atoms with Crippen molar-refractivity contribution in [2.75, 3.05) is 26.2 Å². The number of aliphatic imine (C=N–C) groups is 1. The van der Waals surface area contributed by atoms with E-state index in [-0.39, 0.29) is 24.0 Å². The molecule has 1 aromatic rings. The van der Waals surface area contributed by atoms with E-state index in [2.05, 4.69) is 20.4 Å². The maximum atomic E-state index is 5.84. The first-order valence-corrected chi connectivity index (χ1v) is 11.6. The minimum absolute atomic E-state index is 0. The molecule has 1 aliphatic carbocycles. The number of halogens is 1. The van der Waals surface area contributed by atoms with Gasteiger partial charge in [0.25, 0.3) is 0 Å². The number of guanidine groups is 1. The van der Waals surface area contributed by atoms with Crippen molar-refractivity contribution in [1.29, 1.82) is 0 Å². The number of nitrogens with one attached hydrogen (secondary N) is 1. The van der Waals surface area contributed by atoms with E-state index >= 15 is 0 Å². The van der Waals surface area contributed by atoms with Crippen molar-refractivity contribution in [3.05, 3.63) is 11.6 Å². The monoisotopic (exact) mass is 530 g/mol. The first-order valence-electron chi connectivity index (χ1n) is 11.6. The number of hydrogen-bond acceptors (Lipinski definition) is 4. The fourth-order valence-electron chi connectivity index (χ4n) is 5.29. The van der Waals surface area contributed by atoms with Gasteiger partial charge in [0.1, 0.15) is 12.4 Å². The minimum atomic E-state index is 0. The molecule has 2 aliphatic heterocycles. The topological polar surface area (TPSA) is 67.6 Å². The molecule has 1 N–H and O–H groups in total. The summed E-state index contributed by atoms with van der Waals surface area (Å²) in [6, 6.07) is 0. The van der Waals surface area contributed by atoms with Gasteiger partial charge in [-0.1, -0.05) is 25.7 Å². The predicted molar refractivity (Wildman–Crippen MR) is 130 cm³/mol. The first kappa shape index (κ1) is 23.8. The van der Waals surface area contributed by atoms with Gasteiger partial charge in [0.05, 0.1) is 6.10 Å². The lowest BCUT2D eigenvalue weighted by Crippen LogP contribution is -2.51. The average molecular weight is 530 g/mol. The number of ether oxygens (including phenoxy) is 1. The molecule has 1 unspecified atom stereocenters. The number of rotatable bonds is 4. The Hall–Kier alpha value is -0.900. The van der Waals surface area contributed by atoms with Crippen LogP contribution in [0.25, 0.3) is 0 Å². The van der Waals surface area contributed by atoms with E-state index in [1.165, 1.54) is 57.8 Å². The number of nitrogens with zero attached hydrogens (tertiary/aromatic N) is 5. The molecule has 4 rings (SSSR count). The average Bonchev–Trinajstić information content (AvgIpc) is 3.29. The Morgan fingerprint density at radius 2 is 1.90 bits per heavy atom. The lowest BCUT2D eigenvalue weighted by molar-refractivity contribution is 0.105. The summed E-state index contributed by atoms with van der Waals surface area (Å²) in [7, 11) is 2.01. The molecule has 2 saturated heterocycles. The number of piperidine rings is 1. The van der Waals surface area contributed by atoms with Crippen molar-refractivity contribution in [3.63, 3.8) is 0 Å². The van der Waals surface area contributed by atoms with Crippen molar-refractivity contribution in [1.82, 2.24) is 25.0 Å². The van der Waals surface area contributed by atoms with Gasteiger partial charge in [0, 0.05) is 33.3 Å². The summed E-state index contributed by atoms with van der Waals surface area (Å²) >= 11 is 0. The van der Waals surface area contributed by atoms with Crippen LogP contribution in [-0.4, -0.2) is 58.0 Å². The molecular weight excluding hydrogens is 491 g/mol. The van der Waals surface area contributed by atoms with Crippen LogP contribution < -0.4 is 5.32 Å². The largest absolute Gasteiger partial charge is 0.376 e. The summed E-state index contributed by atoms with van der Waals surface area (Å²) in [5.74, 6) is 2.88. The van der Waals surface area contributed by atoms with E-state index in [0.29, 0.717) is 18.1 Å². The molecule has 1 spiro atoms. The maximum absolute atomic E-state index is 5.84. The number of aryl methyl sites for hydroxylation is 1. The zero-order valence-electron chi connectivity index (χ0n) is 18.7. The zero-order valence-corrected chi connectivity index (χ0v) is 21.1. The van der Waals surface area contributed by atoms with Crippen LogP contribution in [-0.2, 0) is 18.3 Å². The SMILES string of the molecule is Cc1nnc(CN=C(NCC2CCCO2)N2CCCC3(CCCCCC3)C2)n1C.I. The van der Waals surface area contributed by atoms with E-state index in [4.69, 9.17) is 9.73 Å². The predicted octanol–water partition coefficient (Wildman–Crippen LogP) is 3.80. The van der Waals surface area contributed by atoms with Gasteiger partial charge in [-0.05, 0) is 50.9 Å². The molecule has 7 nitrogen and oxygen atoms in total. The lowest BCUT2D eigenvalue weighted by Gasteiger charge is -2.44. The number of aromatic nitrogens is 3. The van der Waals surface area contributed by atoms with Crippen molar-refractivity contribution in [2.45, 2.75) is 83.8 Å². The van der Waals surface area contributed by atoms with Gasteiger partial charge in [-0.2, -0.15) is 0 Å². The number of hydrogen-bond donors (Lipinski definition) is 1. The van der Waals surface area contributed by atoms with Crippen molar-refractivity contribution >= 4 is 29.9 Å².